The molecule has 5 atom stereocenters. The standard InChI is InChI=1S/C32H40FN3O3/c1-21(2)23-11-13-25(14-12-23)29(24-8-5-4-6-9-24)34-30(38)28-18-26(33)19-36(28)31(39)27-10-7-15-32(27)16-17-35(20-32)22(3)37/h4-6,8-9,11-14,21,26-29H,7,10,15-20H2,1-3H3,(H,34,38)/t26-,27?,28+,29+,32?/m1/s1. The van der Waals surface area contributed by atoms with Crippen molar-refractivity contribution in [1.82, 2.24) is 15.1 Å². The second-order valence-corrected chi connectivity index (χ2v) is 12.0. The van der Waals surface area contributed by atoms with Gasteiger partial charge in [-0.25, -0.2) is 4.39 Å². The summed E-state index contributed by atoms with van der Waals surface area (Å²) >= 11 is 0. The quantitative estimate of drug-likeness (QED) is 0.569. The summed E-state index contributed by atoms with van der Waals surface area (Å²) in [7, 11) is 0. The van der Waals surface area contributed by atoms with E-state index in [9.17, 15) is 18.8 Å². The van der Waals surface area contributed by atoms with Gasteiger partial charge in [0.25, 0.3) is 0 Å². The lowest BCUT2D eigenvalue weighted by Crippen LogP contribution is -2.51. The van der Waals surface area contributed by atoms with E-state index in [1.165, 1.54) is 10.5 Å². The van der Waals surface area contributed by atoms with Crippen molar-refractivity contribution in [3.8, 4) is 0 Å². The molecule has 39 heavy (non-hydrogen) atoms. The van der Waals surface area contributed by atoms with E-state index < -0.39 is 18.3 Å². The number of hydrogen-bond donors (Lipinski definition) is 1. The highest BCUT2D eigenvalue weighted by atomic mass is 19.1. The number of alkyl halides is 1. The number of likely N-dealkylation sites (tertiary alicyclic amines) is 2. The molecule has 2 heterocycles. The Morgan fingerprint density at radius 3 is 2.28 bits per heavy atom. The summed E-state index contributed by atoms with van der Waals surface area (Å²) in [5.41, 5.74) is 2.83. The van der Waals surface area contributed by atoms with Crippen molar-refractivity contribution in [1.29, 1.82) is 0 Å². The normalized spacial score (nSPS) is 27.4. The number of halogens is 1. The third-order valence-corrected chi connectivity index (χ3v) is 9.23. The Labute approximate surface area is 230 Å². The average Bonchev–Trinajstić information content (AvgIpc) is 3.66. The summed E-state index contributed by atoms with van der Waals surface area (Å²) in [5.74, 6) is -0.314. The highest BCUT2D eigenvalue weighted by Gasteiger charge is 2.54. The molecule has 2 unspecified atom stereocenters. The maximum atomic E-state index is 14.8. The highest BCUT2D eigenvalue weighted by Crippen LogP contribution is 2.51. The van der Waals surface area contributed by atoms with Crippen molar-refractivity contribution in [2.45, 2.75) is 77.0 Å². The minimum Gasteiger partial charge on any atom is -0.343 e. The Morgan fingerprint density at radius 1 is 0.974 bits per heavy atom. The zero-order valence-electron chi connectivity index (χ0n) is 23.2. The largest absolute Gasteiger partial charge is 0.343 e. The van der Waals surface area contributed by atoms with Gasteiger partial charge in [0.05, 0.1) is 12.6 Å². The maximum absolute atomic E-state index is 14.8. The van der Waals surface area contributed by atoms with Gasteiger partial charge in [0.1, 0.15) is 12.2 Å². The van der Waals surface area contributed by atoms with Crippen molar-refractivity contribution in [2.24, 2.45) is 11.3 Å². The van der Waals surface area contributed by atoms with E-state index in [1.807, 2.05) is 47.4 Å². The molecule has 1 aliphatic carbocycles. The number of nitrogens with zero attached hydrogens (tertiary/aromatic N) is 2. The summed E-state index contributed by atoms with van der Waals surface area (Å²) in [5, 5.41) is 3.17. The molecule has 7 heteroatoms. The molecule has 2 aromatic rings. The lowest BCUT2D eigenvalue weighted by molar-refractivity contribution is -0.144. The van der Waals surface area contributed by atoms with Crippen LogP contribution in [-0.4, -0.2) is 59.4 Å². The molecule has 3 amide bonds. The third-order valence-electron chi connectivity index (χ3n) is 9.23. The van der Waals surface area contributed by atoms with Crippen LogP contribution in [-0.2, 0) is 14.4 Å². The van der Waals surface area contributed by atoms with Crippen LogP contribution in [0.4, 0.5) is 4.39 Å². The minimum atomic E-state index is -1.24. The first-order valence-electron chi connectivity index (χ1n) is 14.3. The molecule has 1 spiro atoms. The SMILES string of the molecule is CC(=O)N1CCC2(CCCC2C(=O)N2C[C@H](F)C[C@H]2C(=O)N[C@@H](c2ccccc2)c2ccc(C(C)C)cc2)C1. The van der Waals surface area contributed by atoms with Crippen molar-refractivity contribution in [3.63, 3.8) is 0 Å². The van der Waals surface area contributed by atoms with Gasteiger partial charge in [-0.15, -0.1) is 0 Å². The smallest absolute Gasteiger partial charge is 0.243 e. The van der Waals surface area contributed by atoms with E-state index in [0.29, 0.717) is 19.0 Å². The van der Waals surface area contributed by atoms with E-state index in [0.717, 1.165) is 36.8 Å². The van der Waals surface area contributed by atoms with Gasteiger partial charge in [0.15, 0.2) is 0 Å². The Balaban J connectivity index is 1.37. The molecule has 5 rings (SSSR count). The van der Waals surface area contributed by atoms with Crippen LogP contribution in [0, 0.1) is 11.3 Å². The van der Waals surface area contributed by atoms with Gasteiger partial charge in [-0.05, 0) is 41.9 Å². The van der Waals surface area contributed by atoms with Crippen LogP contribution < -0.4 is 5.32 Å². The number of carbonyl (C=O) groups is 3. The fourth-order valence-electron chi connectivity index (χ4n) is 6.97. The first-order chi connectivity index (χ1) is 18.7. The molecule has 3 aliphatic rings. The lowest BCUT2D eigenvalue weighted by Gasteiger charge is -2.35. The van der Waals surface area contributed by atoms with Crippen LogP contribution in [0.3, 0.4) is 0 Å². The van der Waals surface area contributed by atoms with E-state index in [2.05, 4.69) is 31.3 Å². The molecule has 3 fully saturated rings. The topological polar surface area (TPSA) is 69.7 Å². The van der Waals surface area contributed by atoms with Crippen LogP contribution in [0.5, 0.6) is 0 Å². The van der Waals surface area contributed by atoms with Crippen molar-refractivity contribution in [2.75, 3.05) is 19.6 Å². The Bertz CT molecular complexity index is 1200. The molecule has 2 saturated heterocycles. The highest BCUT2D eigenvalue weighted by molar-refractivity contribution is 5.90. The molecule has 0 radical (unpaired) electrons. The number of nitrogens with one attached hydrogen (secondary N) is 1. The number of rotatable bonds is 6. The van der Waals surface area contributed by atoms with E-state index in [4.69, 9.17) is 0 Å². The molecule has 1 saturated carbocycles. The first-order valence-corrected chi connectivity index (χ1v) is 14.3. The third kappa shape index (κ3) is 5.45. The summed E-state index contributed by atoms with van der Waals surface area (Å²) in [6.45, 7) is 7.02. The zero-order chi connectivity index (χ0) is 27.7. The first kappa shape index (κ1) is 27.4. The fraction of sp³-hybridized carbons (Fsp3) is 0.531. The minimum absolute atomic E-state index is 0.00462. The predicted molar refractivity (Wildman–Crippen MR) is 149 cm³/mol. The van der Waals surface area contributed by atoms with Crippen LogP contribution in [0.2, 0.25) is 0 Å². The molecular weight excluding hydrogens is 493 g/mol. The summed E-state index contributed by atoms with van der Waals surface area (Å²) < 4.78 is 14.8. The number of carbonyl (C=O) groups excluding carboxylic acids is 3. The molecular formula is C32H40FN3O3. The Kier molecular flexibility index (Phi) is 7.79. The number of amides is 3. The second-order valence-electron chi connectivity index (χ2n) is 12.0. The number of benzene rings is 2. The molecule has 2 aromatic carbocycles. The Morgan fingerprint density at radius 2 is 1.64 bits per heavy atom. The van der Waals surface area contributed by atoms with Crippen LogP contribution in [0.25, 0.3) is 0 Å². The summed E-state index contributed by atoms with van der Waals surface area (Å²) in [4.78, 5) is 43.1. The van der Waals surface area contributed by atoms with Crippen LogP contribution in [0.1, 0.15) is 81.5 Å². The van der Waals surface area contributed by atoms with Gasteiger partial charge in [-0.1, -0.05) is 74.9 Å². The molecule has 6 nitrogen and oxygen atoms in total. The molecule has 0 bridgehead atoms. The monoisotopic (exact) mass is 533 g/mol. The van der Waals surface area contributed by atoms with Gasteiger partial charge in [0.2, 0.25) is 17.7 Å². The number of hydrogen-bond acceptors (Lipinski definition) is 3. The zero-order valence-corrected chi connectivity index (χ0v) is 23.2. The van der Waals surface area contributed by atoms with Crippen LogP contribution >= 0.6 is 0 Å². The fourth-order valence-corrected chi connectivity index (χ4v) is 6.97. The molecule has 1 N–H and O–H groups in total. The maximum Gasteiger partial charge on any atom is 0.243 e. The molecule has 0 aromatic heterocycles. The van der Waals surface area contributed by atoms with Gasteiger partial charge in [-0.2, -0.15) is 0 Å². The van der Waals surface area contributed by atoms with E-state index in [1.54, 1.807) is 6.92 Å². The lowest BCUT2D eigenvalue weighted by atomic mass is 9.76. The van der Waals surface area contributed by atoms with Gasteiger partial charge < -0.3 is 15.1 Å². The van der Waals surface area contributed by atoms with Crippen molar-refractivity contribution >= 4 is 17.7 Å². The average molecular weight is 534 g/mol. The predicted octanol–water partition coefficient (Wildman–Crippen LogP) is 4.99. The molecule has 2 aliphatic heterocycles. The van der Waals surface area contributed by atoms with E-state index >= 15 is 0 Å². The van der Waals surface area contributed by atoms with Crippen LogP contribution in [0.15, 0.2) is 54.6 Å². The van der Waals surface area contributed by atoms with E-state index in [-0.39, 0.29) is 42.0 Å². The van der Waals surface area contributed by atoms with Gasteiger partial charge in [-0.3, -0.25) is 14.4 Å². The summed E-state index contributed by atoms with van der Waals surface area (Å²) in [6, 6.07) is 16.7. The Hall–Kier alpha value is -3.22. The summed E-state index contributed by atoms with van der Waals surface area (Å²) in [6.07, 6.45) is 2.08. The van der Waals surface area contributed by atoms with Crippen molar-refractivity contribution < 1.29 is 18.8 Å². The van der Waals surface area contributed by atoms with Gasteiger partial charge in [0, 0.05) is 37.8 Å². The van der Waals surface area contributed by atoms with Crippen molar-refractivity contribution in [3.05, 3.63) is 71.3 Å². The molecule has 208 valence electrons. The van der Waals surface area contributed by atoms with Gasteiger partial charge >= 0.3 is 0 Å². The second kappa shape index (κ2) is 11.1.